The van der Waals surface area contributed by atoms with Crippen molar-refractivity contribution in [3.63, 3.8) is 0 Å². The number of hydrogen-bond acceptors (Lipinski definition) is 0. The van der Waals surface area contributed by atoms with Crippen LogP contribution >= 0.6 is 0 Å². The Kier molecular flexibility index (Phi) is 2.70. The summed E-state index contributed by atoms with van der Waals surface area (Å²) < 4.78 is 0. The van der Waals surface area contributed by atoms with Crippen molar-refractivity contribution in [1.29, 1.82) is 0 Å². The van der Waals surface area contributed by atoms with Crippen LogP contribution in [0.5, 0.6) is 0 Å². The van der Waals surface area contributed by atoms with Gasteiger partial charge in [0.2, 0.25) is 0 Å². The summed E-state index contributed by atoms with van der Waals surface area (Å²) in [4.78, 5) is 0. The maximum atomic E-state index is 3.38. The van der Waals surface area contributed by atoms with Gasteiger partial charge in [-0.3, -0.25) is 0 Å². The maximum Gasteiger partial charge on any atom is 0.0296 e. The lowest BCUT2D eigenvalue weighted by Gasteiger charge is -1.44. The summed E-state index contributed by atoms with van der Waals surface area (Å²) in [5.74, 6) is 0. The first kappa shape index (κ1) is 3.83. The van der Waals surface area contributed by atoms with Gasteiger partial charge < -0.3 is 0 Å². The Balaban J connectivity index is 2.73. The lowest BCUT2D eigenvalue weighted by molar-refractivity contribution is 2.56. The van der Waals surface area contributed by atoms with Crippen LogP contribution in [0.1, 0.15) is 0 Å². The SMILES string of the molecule is C=CC=[Si]. The molecule has 0 nitrogen and oxygen atoms in total. The number of allylic oxidation sites excluding steroid dienone is 1. The van der Waals surface area contributed by atoms with Crippen LogP contribution in [-0.4, -0.2) is 15.5 Å². The van der Waals surface area contributed by atoms with E-state index in [1.54, 1.807) is 11.7 Å². The molecule has 0 aliphatic carbocycles. The maximum absolute atomic E-state index is 3.38. The van der Waals surface area contributed by atoms with Crippen LogP contribution in [0.3, 0.4) is 0 Å². The first-order valence-electron chi connectivity index (χ1n) is 1.03. The molecule has 0 saturated carbocycles. The minimum atomic E-state index is 1.66. The summed E-state index contributed by atoms with van der Waals surface area (Å²) in [6, 6.07) is 0. The highest BCUT2D eigenvalue weighted by molar-refractivity contribution is 6.30. The lowest BCUT2D eigenvalue weighted by atomic mass is 10.8. The van der Waals surface area contributed by atoms with Crippen molar-refractivity contribution >= 4 is 15.5 Å². The first-order valence-corrected chi connectivity index (χ1v) is 1.61. The van der Waals surface area contributed by atoms with E-state index in [1.807, 2.05) is 0 Å². The summed E-state index contributed by atoms with van der Waals surface area (Å²) in [7, 11) is 3.04. The van der Waals surface area contributed by atoms with Crippen LogP contribution in [0.2, 0.25) is 0 Å². The average molecular weight is 68.2 g/mol. The molecule has 0 N–H and O–H groups in total. The van der Waals surface area contributed by atoms with E-state index in [0.29, 0.717) is 0 Å². The number of hydrogen-bond donors (Lipinski definition) is 0. The van der Waals surface area contributed by atoms with Crippen LogP contribution in [0, 0.1) is 0 Å². The second-order valence-electron chi connectivity index (χ2n) is 0.402. The standard InChI is InChI=1S/C3H4Si/c1-2-3-4/h2-3H,1H2. The van der Waals surface area contributed by atoms with Gasteiger partial charge in [-0.25, -0.2) is 0 Å². The molecular formula is C3H4Si. The smallest absolute Gasteiger partial charge is 0.0296 e. The Morgan fingerprint density at radius 2 is 2.00 bits per heavy atom. The van der Waals surface area contributed by atoms with Crippen molar-refractivity contribution < 1.29 is 0 Å². The topological polar surface area (TPSA) is 0 Å². The second kappa shape index (κ2) is 2.83. The Morgan fingerprint density at radius 1 is 1.75 bits per heavy atom. The largest absolute Gasteiger partial charge is 0.0995 e. The van der Waals surface area contributed by atoms with Crippen molar-refractivity contribution in [3.05, 3.63) is 12.7 Å². The highest BCUT2D eigenvalue weighted by atomic mass is 28.1. The summed E-state index contributed by atoms with van der Waals surface area (Å²) in [5, 5.41) is 0. The molecule has 0 aliphatic rings. The Bertz CT molecular complexity index is 24.3. The predicted octanol–water partition coefficient (Wildman–Crippen LogP) is 0.143. The molecule has 0 aromatic carbocycles. The van der Waals surface area contributed by atoms with Crippen LogP contribution in [0.25, 0.3) is 0 Å². The molecule has 20 valence electrons. The van der Waals surface area contributed by atoms with E-state index >= 15 is 0 Å². The third-order valence-electron chi connectivity index (χ3n) is 0.118. The van der Waals surface area contributed by atoms with Gasteiger partial charge in [0.1, 0.15) is 0 Å². The Morgan fingerprint density at radius 3 is 2.00 bits per heavy atom. The molecule has 0 unspecified atom stereocenters. The van der Waals surface area contributed by atoms with Gasteiger partial charge in [0.15, 0.2) is 0 Å². The van der Waals surface area contributed by atoms with Crippen molar-refractivity contribution in [2.24, 2.45) is 0 Å². The molecule has 0 aromatic heterocycles. The zero-order chi connectivity index (χ0) is 3.41. The van der Waals surface area contributed by atoms with E-state index in [4.69, 9.17) is 0 Å². The molecule has 0 heterocycles. The Labute approximate surface area is 29.2 Å². The molecule has 0 spiro atoms. The van der Waals surface area contributed by atoms with Gasteiger partial charge in [-0.2, -0.15) is 0 Å². The molecule has 2 radical (unpaired) electrons. The van der Waals surface area contributed by atoms with Crippen molar-refractivity contribution in [1.82, 2.24) is 0 Å². The van der Waals surface area contributed by atoms with Crippen molar-refractivity contribution in [2.75, 3.05) is 0 Å². The van der Waals surface area contributed by atoms with Gasteiger partial charge in [-0.15, -0.1) is 0 Å². The average Bonchev–Trinajstić information content (AvgIpc) is 1.37. The van der Waals surface area contributed by atoms with E-state index in [0.717, 1.165) is 0 Å². The summed E-state index contributed by atoms with van der Waals surface area (Å²) in [6.45, 7) is 3.38. The normalized spacial score (nSPS) is 5.00. The summed E-state index contributed by atoms with van der Waals surface area (Å²) >= 11 is 0. The first-order chi connectivity index (χ1) is 1.91. The molecule has 0 bridgehead atoms. The quantitative estimate of drug-likeness (QED) is 0.383. The molecule has 0 aliphatic heterocycles. The fourth-order valence-corrected chi connectivity index (χ4v) is 0. The van der Waals surface area contributed by atoms with E-state index in [1.165, 1.54) is 0 Å². The zero-order valence-corrected chi connectivity index (χ0v) is 3.36. The number of rotatable bonds is 1. The molecule has 0 amide bonds. The van der Waals surface area contributed by atoms with Crippen LogP contribution in [0.15, 0.2) is 12.7 Å². The minimum Gasteiger partial charge on any atom is -0.0995 e. The Hall–Kier alpha value is -0.173. The van der Waals surface area contributed by atoms with Crippen molar-refractivity contribution in [2.45, 2.75) is 0 Å². The van der Waals surface area contributed by atoms with Crippen molar-refractivity contribution in [3.8, 4) is 0 Å². The third-order valence-corrected chi connectivity index (χ3v) is 0.354. The highest BCUT2D eigenvalue weighted by Gasteiger charge is 1.30. The van der Waals surface area contributed by atoms with Gasteiger partial charge in [0.05, 0.1) is 0 Å². The van der Waals surface area contributed by atoms with Crippen LogP contribution in [-0.2, 0) is 0 Å². The zero-order valence-electron chi connectivity index (χ0n) is 2.36. The van der Waals surface area contributed by atoms with Gasteiger partial charge in [-0.1, -0.05) is 18.3 Å². The van der Waals surface area contributed by atoms with Gasteiger partial charge >= 0.3 is 0 Å². The fourth-order valence-electron chi connectivity index (χ4n) is 0. The lowest BCUT2D eigenvalue weighted by Crippen LogP contribution is -1.48. The molecule has 0 rings (SSSR count). The van der Waals surface area contributed by atoms with E-state index in [-0.39, 0.29) is 0 Å². The molecule has 4 heavy (non-hydrogen) atoms. The van der Waals surface area contributed by atoms with Gasteiger partial charge in [0.25, 0.3) is 0 Å². The van der Waals surface area contributed by atoms with E-state index in [9.17, 15) is 0 Å². The summed E-state index contributed by atoms with van der Waals surface area (Å²) in [5.41, 5.74) is 1.69. The fraction of sp³-hybridized carbons (Fsp3) is 0. The molecular weight excluding hydrogens is 64.1 g/mol. The summed E-state index contributed by atoms with van der Waals surface area (Å²) in [6.07, 6.45) is 1.66. The monoisotopic (exact) mass is 68.0 g/mol. The highest BCUT2D eigenvalue weighted by Crippen LogP contribution is 1.34. The van der Waals surface area contributed by atoms with Gasteiger partial charge in [-0.05, 0) is 0 Å². The third kappa shape index (κ3) is 1.83. The predicted molar refractivity (Wildman–Crippen MR) is 22.0 cm³/mol. The second-order valence-corrected chi connectivity index (χ2v) is 0.736. The molecule has 0 aromatic rings. The molecule has 0 saturated heterocycles. The molecule has 1 heteroatoms. The van der Waals surface area contributed by atoms with E-state index in [2.05, 4.69) is 16.4 Å². The molecule has 0 fully saturated rings. The van der Waals surface area contributed by atoms with E-state index < -0.39 is 0 Å². The van der Waals surface area contributed by atoms with Gasteiger partial charge in [0, 0.05) is 9.85 Å². The van der Waals surface area contributed by atoms with Crippen LogP contribution in [0.4, 0.5) is 0 Å². The molecule has 0 atom stereocenters. The minimum absolute atomic E-state index is 1.66. The van der Waals surface area contributed by atoms with Crippen LogP contribution < -0.4 is 0 Å².